The molecule has 0 amide bonds. The molecule has 24 heavy (non-hydrogen) atoms. The number of carbonyl (C=O) groups is 1. The Balaban J connectivity index is 1.52. The molecule has 0 aromatic heterocycles. The quantitative estimate of drug-likeness (QED) is 0.525. The van der Waals surface area contributed by atoms with Crippen LogP contribution in [0.5, 0.6) is 0 Å². The van der Waals surface area contributed by atoms with Gasteiger partial charge < -0.3 is 14.6 Å². The van der Waals surface area contributed by atoms with Gasteiger partial charge in [0.2, 0.25) is 0 Å². The molecular formula is C20H36O4. The van der Waals surface area contributed by atoms with Crippen LogP contribution in [0.4, 0.5) is 0 Å². The third-order valence-electron chi connectivity index (χ3n) is 5.98. The van der Waals surface area contributed by atoms with Gasteiger partial charge in [-0.15, -0.1) is 0 Å². The summed E-state index contributed by atoms with van der Waals surface area (Å²) < 4.78 is 11.8. The number of carboxylic acids is 1. The molecule has 1 aliphatic carbocycles. The first-order valence-corrected chi connectivity index (χ1v) is 10.1. The molecule has 3 atom stereocenters. The van der Waals surface area contributed by atoms with Gasteiger partial charge >= 0.3 is 5.97 Å². The molecule has 2 rings (SSSR count). The SMILES string of the molecule is CC(OCCC1COCC1CCCCCCC(=O)O)C1CCCC1. The summed E-state index contributed by atoms with van der Waals surface area (Å²) in [6.45, 7) is 4.92. The van der Waals surface area contributed by atoms with E-state index in [4.69, 9.17) is 14.6 Å². The van der Waals surface area contributed by atoms with Crippen molar-refractivity contribution in [3.63, 3.8) is 0 Å². The van der Waals surface area contributed by atoms with Gasteiger partial charge in [-0.05, 0) is 56.8 Å². The third-order valence-corrected chi connectivity index (χ3v) is 5.98. The topological polar surface area (TPSA) is 55.8 Å². The van der Waals surface area contributed by atoms with Gasteiger partial charge in [0.1, 0.15) is 0 Å². The average molecular weight is 341 g/mol. The highest BCUT2D eigenvalue weighted by Crippen LogP contribution is 2.31. The maximum atomic E-state index is 10.5. The summed E-state index contributed by atoms with van der Waals surface area (Å²) in [6, 6.07) is 0. The van der Waals surface area contributed by atoms with Crippen molar-refractivity contribution >= 4 is 5.97 Å². The van der Waals surface area contributed by atoms with Crippen LogP contribution >= 0.6 is 0 Å². The molecule has 4 heteroatoms. The van der Waals surface area contributed by atoms with Crippen LogP contribution in [0, 0.1) is 17.8 Å². The highest BCUT2D eigenvalue weighted by atomic mass is 16.5. The molecule has 2 aliphatic rings. The van der Waals surface area contributed by atoms with E-state index in [9.17, 15) is 4.79 Å². The molecule has 1 aliphatic heterocycles. The largest absolute Gasteiger partial charge is 0.481 e. The summed E-state index contributed by atoms with van der Waals surface area (Å²) in [5.41, 5.74) is 0. The Bertz CT molecular complexity index is 352. The Kier molecular flexibility index (Phi) is 9.11. The van der Waals surface area contributed by atoms with Gasteiger partial charge in [-0.2, -0.15) is 0 Å². The highest BCUT2D eigenvalue weighted by molar-refractivity contribution is 5.66. The first-order chi connectivity index (χ1) is 11.7. The molecule has 1 heterocycles. The maximum absolute atomic E-state index is 10.5. The van der Waals surface area contributed by atoms with Crippen molar-refractivity contribution in [2.75, 3.05) is 19.8 Å². The van der Waals surface area contributed by atoms with E-state index in [-0.39, 0.29) is 0 Å². The minimum atomic E-state index is -0.675. The van der Waals surface area contributed by atoms with Crippen molar-refractivity contribution in [2.45, 2.75) is 83.7 Å². The predicted octanol–water partition coefficient (Wildman–Crippen LogP) is 4.66. The molecule has 3 unspecified atom stereocenters. The van der Waals surface area contributed by atoms with Crippen LogP contribution in [0.3, 0.4) is 0 Å². The Hall–Kier alpha value is -0.610. The predicted molar refractivity (Wildman–Crippen MR) is 95.1 cm³/mol. The first kappa shape index (κ1) is 19.7. The van der Waals surface area contributed by atoms with Gasteiger partial charge in [0.05, 0.1) is 6.10 Å². The monoisotopic (exact) mass is 340 g/mol. The third kappa shape index (κ3) is 7.10. The lowest BCUT2D eigenvalue weighted by atomic mass is 9.88. The normalized spacial score (nSPS) is 26.0. The number of aliphatic carboxylic acids is 1. The second-order valence-electron chi connectivity index (χ2n) is 7.81. The molecule has 1 saturated heterocycles. The van der Waals surface area contributed by atoms with Gasteiger partial charge in [-0.3, -0.25) is 4.79 Å². The zero-order valence-corrected chi connectivity index (χ0v) is 15.4. The van der Waals surface area contributed by atoms with Crippen LogP contribution in [0.25, 0.3) is 0 Å². The van der Waals surface area contributed by atoms with Gasteiger partial charge in [0.25, 0.3) is 0 Å². The molecule has 1 N–H and O–H groups in total. The van der Waals surface area contributed by atoms with E-state index in [0.29, 0.717) is 24.4 Å². The van der Waals surface area contributed by atoms with Crippen LogP contribution in [0.15, 0.2) is 0 Å². The molecule has 2 fully saturated rings. The fourth-order valence-electron chi connectivity index (χ4n) is 4.29. The van der Waals surface area contributed by atoms with E-state index in [1.165, 1.54) is 38.5 Å². The van der Waals surface area contributed by atoms with Crippen molar-refractivity contribution in [1.29, 1.82) is 0 Å². The number of hydrogen-bond donors (Lipinski definition) is 1. The van der Waals surface area contributed by atoms with Crippen LogP contribution in [0.1, 0.15) is 77.6 Å². The summed E-state index contributed by atoms with van der Waals surface area (Å²) in [7, 11) is 0. The molecule has 0 spiro atoms. The van der Waals surface area contributed by atoms with E-state index in [1.807, 2.05) is 0 Å². The van der Waals surface area contributed by atoms with Crippen molar-refractivity contribution in [1.82, 2.24) is 0 Å². The van der Waals surface area contributed by atoms with Crippen molar-refractivity contribution in [3.8, 4) is 0 Å². The lowest BCUT2D eigenvalue weighted by molar-refractivity contribution is -0.137. The summed E-state index contributed by atoms with van der Waals surface area (Å²) in [5, 5.41) is 8.64. The van der Waals surface area contributed by atoms with Crippen molar-refractivity contribution in [3.05, 3.63) is 0 Å². The van der Waals surface area contributed by atoms with E-state index >= 15 is 0 Å². The molecular weight excluding hydrogens is 304 g/mol. The van der Waals surface area contributed by atoms with E-state index < -0.39 is 5.97 Å². The number of unbranched alkanes of at least 4 members (excludes halogenated alkanes) is 3. The fourth-order valence-corrected chi connectivity index (χ4v) is 4.29. The Morgan fingerprint density at radius 2 is 1.75 bits per heavy atom. The number of ether oxygens (including phenoxy) is 2. The minimum Gasteiger partial charge on any atom is -0.481 e. The zero-order chi connectivity index (χ0) is 17.2. The summed E-state index contributed by atoms with van der Waals surface area (Å²) in [6.07, 6.45) is 12.7. The number of carboxylic acid groups (broad SMARTS) is 1. The Morgan fingerprint density at radius 3 is 2.46 bits per heavy atom. The fraction of sp³-hybridized carbons (Fsp3) is 0.950. The zero-order valence-electron chi connectivity index (χ0n) is 15.4. The standard InChI is InChI=1S/C20H36O4/c1-16(17-8-6-7-9-17)24-13-12-19-15-23-14-18(19)10-4-2-3-5-11-20(21)22/h16-19H,2-15H2,1H3,(H,21,22). The van der Waals surface area contributed by atoms with Gasteiger partial charge in [0, 0.05) is 26.2 Å². The maximum Gasteiger partial charge on any atom is 0.303 e. The van der Waals surface area contributed by atoms with Gasteiger partial charge in [-0.1, -0.05) is 32.1 Å². The molecule has 0 bridgehead atoms. The van der Waals surface area contributed by atoms with Crippen LogP contribution in [-0.4, -0.2) is 37.0 Å². The first-order valence-electron chi connectivity index (χ1n) is 10.1. The highest BCUT2D eigenvalue weighted by Gasteiger charge is 2.28. The molecule has 0 aromatic rings. The molecule has 1 saturated carbocycles. The second-order valence-corrected chi connectivity index (χ2v) is 7.81. The van der Waals surface area contributed by atoms with E-state index in [2.05, 4.69) is 6.92 Å². The van der Waals surface area contributed by atoms with E-state index in [0.717, 1.165) is 51.4 Å². The van der Waals surface area contributed by atoms with Crippen LogP contribution in [0.2, 0.25) is 0 Å². The lowest BCUT2D eigenvalue weighted by Gasteiger charge is -2.22. The molecule has 4 nitrogen and oxygen atoms in total. The summed E-state index contributed by atoms with van der Waals surface area (Å²) >= 11 is 0. The Labute approximate surface area is 147 Å². The van der Waals surface area contributed by atoms with Gasteiger partial charge in [0.15, 0.2) is 0 Å². The van der Waals surface area contributed by atoms with Crippen LogP contribution < -0.4 is 0 Å². The average Bonchev–Trinajstić information content (AvgIpc) is 3.22. The minimum absolute atomic E-state index is 0.311. The molecule has 0 aromatic carbocycles. The van der Waals surface area contributed by atoms with Crippen molar-refractivity contribution in [2.24, 2.45) is 17.8 Å². The van der Waals surface area contributed by atoms with E-state index in [1.54, 1.807) is 0 Å². The number of hydrogen-bond acceptors (Lipinski definition) is 3. The summed E-state index contributed by atoms with van der Waals surface area (Å²) in [5.74, 6) is 1.44. The van der Waals surface area contributed by atoms with Crippen molar-refractivity contribution < 1.29 is 19.4 Å². The summed E-state index contributed by atoms with van der Waals surface area (Å²) in [4.78, 5) is 10.5. The van der Waals surface area contributed by atoms with Gasteiger partial charge in [-0.25, -0.2) is 0 Å². The second kappa shape index (κ2) is 11.1. The number of rotatable bonds is 12. The van der Waals surface area contributed by atoms with Crippen LogP contribution in [-0.2, 0) is 14.3 Å². The lowest BCUT2D eigenvalue weighted by Crippen LogP contribution is -2.21. The Morgan fingerprint density at radius 1 is 1.08 bits per heavy atom. The molecule has 0 radical (unpaired) electrons. The smallest absolute Gasteiger partial charge is 0.303 e. The molecule has 140 valence electrons.